The van der Waals surface area contributed by atoms with Crippen LogP contribution in [0.4, 0.5) is 5.69 Å². The molecule has 1 atom stereocenters. The van der Waals surface area contributed by atoms with E-state index in [0.29, 0.717) is 5.92 Å². The van der Waals surface area contributed by atoms with Gasteiger partial charge < -0.3 is 10.1 Å². The fourth-order valence-corrected chi connectivity index (χ4v) is 2.50. The highest BCUT2D eigenvalue weighted by atomic mass is 16.5. The molecular formula is C15H18N2O. The molecule has 0 radical (unpaired) electrons. The van der Waals surface area contributed by atoms with Crippen LogP contribution in [0, 0.1) is 5.92 Å². The van der Waals surface area contributed by atoms with Crippen LogP contribution in [0.25, 0.3) is 10.8 Å². The van der Waals surface area contributed by atoms with Gasteiger partial charge in [0.15, 0.2) is 0 Å². The molecule has 1 aliphatic heterocycles. The van der Waals surface area contributed by atoms with E-state index in [1.54, 1.807) is 0 Å². The number of benzene rings is 1. The number of hydrogen-bond acceptors (Lipinski definition) is 3. The van der Waals surface area contributed by atoms with Crippen molar-refractivity contribution < 1.29 is 4.74 Å². The Kier molecular flexibility index (Phi) is 3.42. The second-order valence-corrected chi connectivity index (χ2v) is 4.87. The Balaban J connectivity index is 1.74. The minimum atomic E-state index is 0.635. The maximum atomic E-state index is 5.51. The van der Waals surface area contributed by atoms with Gasteiger partial charge in [-0.05, 0) is 30.9 Å². The van der Waals surface area contributed by atoms with E-state index in [9.17, 15) is 0 Å². The Morgan fingerprint density at radius 2 is 2.33 bits per heavy atom. The summed E-state index contributed by atoms with van der Waals surface area (Å²) in [6.45, 7) is 2.80. The lowest BCUT2D eigenvalue weighted by Gasteiger charge is -2.23. The van der Waals surface area contributed by atoms with Crippen molar-refractivity contribution in [1.29, 1.82) is 0 Å². The second-order valence-electron chi connectivity index (χ2n) is 4.87. The molecule has 1 aliphatic rings. The largest absolute Gasteiger partial charge is 0.384 e. The summed E-state index contributed by atoms with van der Waals surface area (Å²) in [5.74, 6) is 0.635. The second kappa shape index (κ2) is 5.36. The number of ether oxygens (including phenoxy) is 1. The van der Waals surface area contributed by atoms with Crippen molar-refractivity contribution >= 4 is 16.5 Å². The van der Waals surface area contributed by atoms with E-state index >= 15 is 0 Å². The molecule has 1 saturated heterocycles. The lowest BCUT2D eigenvalue weighted by atomic mass is 10.0. The number of nitrogens with one attached hydrogen (secondary N) is 1. The molecular weight excluding hydrogens is 224 g/mol. The van der Waals surface area contributed by atoms with Gasteiger partial charge in [0.2, 0.25) is 0 Å². The monoisotopic (exact) mass is 242 g/mol. The van der Waals surface area contributed by atoms with E-state index in [1.807, 2.05) is 12.4 Å². The molecule has 0 amide bonds. The molecule has 0 saturated carbocycles. The molecule has 18 heavy (non-hydrogen) atoms. The number of rotatable bonds is 3. The first-order valence-electron chi connectivity index (χ1n) is 6.58. The number of anilines is 1. The maximum absolute atomic E-state index is 5.51. The third-order valence-corrected chi connectivity index (χ3v) is 3.52. The standard InChI is InChI=1S/C15H18N2O/c1-4-13-10-16-7-6-14(13)15(5-1)17-9-12-3-2-8-18-11-12/h1,4-7,10,12,17H,2-3,8-9,11H2. The summed E-state index contributed by atoms with van der Waals surface area (Å²) in [7, 11) is 0. The van der Waals surface area contributed by atoms with Crippen molar-refractivity contribution in [1.82, 2.24) is 4.98 Å². The molecule has 1 aromatic heterocycles. The van der Waals surface area contributed by atoms with Crippen molar-refractivity contribution in [3.8, 4) is 0 Å². The molecule has 0 spiro atoms. The minimum Gasteiger partial charge on any atom is -0.384 e. The lowest BCUT2D eigenvalue weighted by molar-refractivity contribution is 0.0595. The number of aromatic nitrogens is 1. The molecule has 94 valence electrons. The van der Waals surface area contributed by atoms with Crippen molar-refractivity contribution in [3.05, 3.63) is 36.7 Å². The van der Waals surface area contributed by atoms with Crippen molar-refractivity contribution in [2.24, 2.45) is 5.92 Å². The van der Waals surface area contributed by atoms with Crippen LogP contribution in [-0.4, -0.2) is 24.7 Å². The molecule has 2 aromatic rings. The predicted octanol–water partition coefficient (Wildman–Crippen LogP) is 3.07. The van der Waals surface area contributed by atoms with E-state index < -0.39 is 0 Å². The van der Waals surface area contributed by atoms with Gasteiger partial charge in [-0.25, -0.2) is 0 Å². The number of fused-ring (bicyclic) bond motifs is 1. The van der Waals surface area contributed by atoms with Gasteiger partial charge in [0.25, 0.3) is 0 Å². The first-order valence-corrected chi connectivity index (χ1v) is 6.58. The van der Waals surface area contributed by atoms with Crippen LogP contribution in [0.1, 0.15) is 12.8 Å². The molecule has 3 rings (SSSR count). The molecule has 0 aliphatic carbocycles. The average Bonchev–Trinajstić information content (AvgIpc) is 2.46. The molecule has 1 fully saturated rings. The van der Waals surface area contributed by atoms with Gasteiger partial charge in [-0.2, -0.15) is 0 Å². The SMILES string of the molecule is c1cc(NCC2CCCOC2)c2ccncc2c1. The third kappa shape index (κ3) is 2.46. The highest BCUT2D eigenvalue weighted by molar-refractivity contribution is 5.93. The summed E-state index contributed by atoms with van der Waals surface area (Å²) in [5, 5.41) is 5.97. The highest BCUT2D eigenvalue weighted by Gasteiger charge is 2.13. The zero-order valence-electron chi connectivity index (χ0n) is 10.4. The van der Waals surface area contributed by atoms with Gasteiger partial charge >= 0.3 is 0 Å². The predicted molar refractivity (Wildman–Crippen MR) is 73.8 cm³/mol. The highest BCUT2D eigenvalue weighted by Crippen LogP contribution is 2.23. The molecule has 1 unspecified atom stereocenters. The summed E-state index contributed by atoms with van der Waals surface area (Å²) in [6.07, 6.45) is 6.20. The quantitative estimate of drug-likeness (QED) is 0.898. The molecule has 0 bridgehead atoms. The molecule has 3 nitrogen and oxygen atoms in total. The minimum absolute atomic E-state index is 0.635. The lowest BCUT2D eigenvalue weighted by Crippen LogP contribution is -2.24. The Labute approximate surface area is 107 Å². The van der Waals surface area contributed by atoms with Crippen LogP contribution in [0.5, 0.6) is 0 Å². The molecule has 2 heterocycles. The first kappa shape index (κ1) is 11.5. The Hall–Kier alpha value is -1.61. The summed E-state index contributed by atoms with van der Waals surface area (Å²) < 4.78 is 5.51. The van der Waals surface area contributed by atoms with Crippen LogP contribution >= 0.6 is 0 Å². The zero-order chi connectivity index (χ0) is 12.2. The van der Waals surface area contributed by atoms with Gasteiger partial charge in [-0.3, -0.25) is 4.98 Å². The average molecular weight is 242 g/mol. The third-order valence-electron chi connectivity index (χ3n) is 3.52. The van der Waals surface area contributed by atoms with Crippen molar-refractivity contribution in [2.45, 2.75) is 12.8 Å². The van der Waals surface area contributed by atoms with Crippen LogP contribution in [0.3, 0.4) is 0 Å². The summed E-state index contributed by atoms with van der Waals surface area (Å²) >= 11 is 0. The van der Waals surface area contributed by atoms with Crippen LogP contribution in [0.2, 0.25) is 0 Å². The summed E-state index contributed by atoms with van der Waals surface area (Å²) in [6, 6.07) is 8.36. The van der Waals surface area contributed by atoms with Crippen LogP contribution in [-0.2, 0) is 4.74 Å². The van der Waals surface area contributed by atoms with E-state index in [1.165, 1.54) is 29.3 Å². The topological polar surface area (TPSA) is 34.1 Å². The normalized spacial score (nSPS) is 19.9. The Morgan fingerprint density at radius 3 is 3.22 bits per heavy atom. The zero-order valence-corrected chi connectivity index (χ0v) is 10.4. The van der Waals surface area contributed by atoms with Gasteiger partial charge in [0.05, 0.1) is 6.61 Å². The van der Waals surface area contributed by atoms with Gasteiger partial charge in [-0.1, -0.05) is 12.1 Å². The van der Waals surface area contributed by atoms with Crippen LogP contribution in [0.15, 0.2) is 36.7 Å². The Morgan fingerprint density at radius 1 is 1.33 bits per heavy atom. The number of pyridine rings is 1. The van der Waals surface area contributed by atoms with Crippen molar-refractivity contribution in [3.63, 3.8) is 0 Å². The maximum Gasteiger partial charge on any atom is 0.0511 e. The fourth-order valence-electron chi connectivity index (χ4n) is 2.50. The first-order chi connectivity index (χ1) is 8.93. The van der Waals surface area contributed by atoms with Gasteiger partial charge in [0.1, 0.15) is 0 Å². The number of nitrogens with zero attached hydrogens (tertiary/aromatic N) is 1. The summed E-state index contributed by atoms with van der Waals surface area (Å²) in [5.41, 5.74) is 1.19. The molecule has 1 aromatic carbocycles. The van der Waals surface area contributed by atoms with Gasteiger partial charge in [0, 0.05) is 42.0 Å². The van der Waals surface area contributed by atoms with Gasteiger partial charge in [-0.15, -0.1) is 0 Å². The smallest absolute Gasteiger partial charge is 0.0511 e. The fraction of sp³-hybridized carbons (Fsp3) is 0.400. The molecule has 3 heteroatoms. The van der Waals surface area contributed by atoms with E-state index in [0.717, 1.165) is 19.8 Å². The van der Waals surface area contributed by atoms with E-state index in [-0.39, 0.29) is 0 Å². The molecule has 1 N–H and O–H groups in total. The summed E-state index contributed by atoms with van der Waals surface area (Å²) in [4.78, 5) is 4.16. The van der Waals surface area contributed by atoms with E-state index in [4.69, 9.17) is 4.74 Å². The Bertz CT molecular complexity index is 515. The van der Waals surface area contributed by atoms with Crippen molar-refractivity contribution in [2.75, 3.05) is 25.1 Å². The van der Waals surface area contributed by atoms with E-state index in [2.05, 4.69) is 34.6 Å². The van der Waals surface area contributed by atoms with Crippen LogP contribution < -0.4 is 5.32 Å². The number of hydrogen-bond donors (Lipinski definition) is 1.